The SMILES string of the molecule is COCCOCC(O)CN(C)C1CCS(=O)(=O)C1. The highest BCUT2D eigenvalue weighted by Crippen LogP contribution is 2.16. The summed E-state index contributed by atoms with van der Waals surface area (Å²) in [6.07, 6.45) is 0.0472. The number of aliphatic hydroxyl groups is 1. The smallest absolute Gasteiger partial charge is 0.151 e. The highest BCUT2D eigenvalue weighted by molar-refractivity contribution is 7.91. The molecule has 0 aliphatic carbocycles. The molecule has 1 heterocycles. The van der Waals surface area contributed by atoms with Crippen molar-refractivity contribution in [2.75, 3.05) is 52.0 Å². The lowest BCUT2D eigenvalue weighted by molar-refractivity contribution is -0.00111. The Kier molecular flexibility index (Phi) is 6.51. The van der Waals surface area contributed by atoms with Gasteiger partial charge in [-0.3, -0.25) is 4.90 Å². The quantitative estimate of drug-likeness (QED) is 0.583. The van der Waals surface area contributed by atoms with Crippen LogP contribution in [0.15, 0.2) is 0 Å². The van der Waals surface area contributed by atoms with Gasteiger partial charge in [-0.15, -0.1) is 0 Å². The van der Waals surface area contributed by atoms with Gasteiger partial charge in [0, 0.05) is 19.7 Å². The first-order valence-electron chi connectivity index (χ1n) is 6.10. The van der Waals surface area contributed by atoms with Crippen LogP contribution in [0.4, 0.5) is 0 Å². The van der Waals surface area contributed by atoms with Crippen molar-refractivity contribution in [2.24, 2.45) is 0 Å². The monoisotopic (exact) mass is 281 g/mol. The van der Waals surface area contributed by atoms with Crippen molar-refractivity contribution in [1.82, 2.24) is 4.90 Å². The topological polar surface area (TPSA) is 76.1 Å². The zero-order chi connectivity index (χ0) is 13.6. The predicted octanol–water partition coefficient (Wildman–Crippen LogP) is -0.871. The van der Waals surface area contributed by atoms with Gasteiger partial charge in [-0.2, -0.15) is 0 Å². The normalized spacial score (nSPS) is 24.6. The maximum absolute atomic E-state index is 11.3. The van der Waals surface area contributed by atoms with Gasteiger partial charge in [0.2, 0.25) is 0 Å². The van der Waals surface area contributed by atoms with E-state index in [1.54, 1.807) is 7.11 Å². The van der Waals surface area contributed by atoms with Gasteiger partial charge in [0.15, 0.2) is 9.84 Å². The molecule has 18 heavy (non-hydrogen) atoms. The van der Waals surface area contributed by atoms with E-state index in [0.717, 1.165) is 0 Å². The van der Waals surface area contributed by atoms with Gasteiger partial charge in [-0.1, -0.05) is 0 Å². The molecular formula is C11H23NO5S. The van der Waals surface area contributed by atoms with E-state index >= 15 is 0 Å². The average Bonchev–Trinajstić information content (AvgIpc) is 2.65. The van der Waals surface area contributed by atoms with Crippen molar-refractivity contribution in [3.63, 3.8) is 0 Å². The molecule has 0 amide bonds. The molecule has 0 saturated carbocycles. The van der Waals surface area contributed by atoms with E-state index in [-0.39, 0.29) is 24.2 Å². The zero-order valence-electron chi connectivity index (χ0n) is 11.0. The molecule has 1 aliphatic heterocycles. The van der Waals surface area contributed by atoms with Crippen LogP contribution in [0.5, 0.6) is 0 Å². The van der Waals surface area contributed by atoms with Gasteiger partial charge >= 0.3 is 0 Å². The molecule has 1 rings (SSSR count). The molecule has 1 fully saturated rings. The Morgan fingerprint density at radius 3 is 2.72 bits per heavy atom. The lowest BCUT2D eigenvalue weighted by Crippen LogP contribution is -2.39. The molecule has 1 saturated heterocycles. The Morgan fingerprint density at radius 2 is 2.17 bits per heavy atom. The average molecular weight is 281 g/mol. The minimum Gasteiger partial charge on any atom is -0.389 e. The Balaban J connectivity index is 2.21. The summed E-state index contributed by atoms with van der Waals surface area (Å²) in [6, 6.07) is 0.0172. The summed E-state index contributed by atoms with van der Waals surface area (Å²) in [7, 11) is 0.557. The number of aliphatic hydroxyl groups excluding tert-OH is 1. The molecule has 2 unspecified atom stereocenters. The number of hydrogen-bond donors (Lipinski definition) is 1. The number of nitrogens with zero attached hydrogens (tertiary/aromatic N) is 1. The van der Waals surface area contributed by atoms with E-state index in [4.69, 9.17) is 9.47 Å². The predicted molar refractivity (Wildman–Crippen MR) is 68.4 cm³/mol. The van der Waals surface area contributed by atoms with Crippen molar-refractivity contribution in [3.8, 4) is 0 Å². The van der Waals surface area contributed by atoms with Crippen LogP contribution in [0.25, 0.3) is 0 Å². The number of hydrogen-bond acceptors (Lipinski definition) is 6. The Bertz CT molecular complexity index is 332. The summed E-state index contributed by atoms with van der Waals surface area (Å²) in [5.74, 6) is 0.448. The van der Waals surface area contributed by atoms with Crippen molar-refractivity contribution in [2.45, 2.75) is 18.6 Å². The summed E-state index contributed by atoms with van der Waals surface area (Å²) < 4.78 is 32.7. The highest BCUT2D eigenvalue weighted by Gasteiger charge is 2.31. The van der Waals surface area contributed by atoms with Gasteiger partial charge in [0.25, 0.3) is 0 Å². The van der Waals surface area contributed by atoms with Crippen LogP contribution in [-0.4, -0.2) is 82.6 Å². The largest absolute Gasteiger partial charge is 0.389 e. The van der Waals surface area contributed by atoms with Gasteiger partial charge in [-0.05, 0) is 13.5 Å². The summed E-state index contributed by atoms with van der Waals surface area (Å²) in [5, 5.41) is 9.75. The molecule has 7 heteroatoms. The molecule has 2 atom stereocenters. The molecule has 108 valence electrons. The van der Waals surface area contributed by atoms with Crippen molar-refractivity contribution in [1.29, 1.82) is 0 Å². The molecule has 0 bridgehead atoms. The zero-order valence-corrected chi connectivity index (χ0v) is 11.9. The molecule has 0 radical (unpaired) electrons. The van der Waals surface area contributed by atoms with Crippen molar-refractivity contribution >= 4 is 9.84 Å². The maximum atomic E-state index is 11.3. The Labute approximate surface area is 109 Å². The number of sulfone groups is 1. The van der Waals surface area contributed by atoms with E-state index in [2.05, 4.69) is 0 Å². The van der Waals surface area contributed by atoms with Gasteiger partial charge in [0.1, 0.15) is 0 Å². The molecule has 0 aromatic carbocycles. The third-order valence-corrected chi connectivity index (χ3v) is 4.82. The van der Waals surface area contributed by atoms with Crippen LogP contribution >= 0.6 is 0 Å². The van der Waals surface area contributed by atoms with Crippen LogP contribution in [0.1, 0.15) is 6.42 Å². The fraction of sp³-hybridized carbons (Fsp3) is 1.00. The summed E-state index contributed by atoms with van der Waals surface area (Å²) in [5.41, 5.74) is 0. The first-order chi connectivity index (χ1) is 8.44. The third-order valence-electron chi connectivity index (χ3n) is 3.07. The molecule has 1 aliphatic rings. The summed E-state index contributed by atoms with van der Waals surface area (Å²) in [6.45, 7) is 1.62. The van der Waals surface area contributed by atoms with Crippen molar-refractivity contribution in [3.05, 3.63) is 0 Å². The first-order valence-corrected chi connectivity index (χ1v) is 7.92. The fourth-order valence-corrected chi connectivity index (χ4v) is 3.82. The number of ether oxygens (including phenoxy) is 2. The minimum atomic E-state index is -2.87. The van der Waals surface area contributed by atoms with Gasteiger partial charge < -0.3 is 14.6 Å². The highest BCUT2D eigenvalue weighted by atomic mass is 32.2. The maximum Gasteiger partial charge on any atom is 0.151 e. The van der Waals surface area contributed by atoms with E-state index in [1.165, 1.54) is 0 Å². The number of likely N-dealkylation sites (N-methyl/N-ethyl adjacent to an activating group) is 1. The van der Waals surface area contributed by atoms with E-state index in [0.29, 0.717) is 26.2 Å². The number of methoxy groups -OCH3 is 1. The van der Waals surface area contributed by atoms with Crippen LogP contribution in [0.3, 0.4) is 0 Å². The third kappa shape index (κ3) is 5.62. The summed E-state index contributed by atoms with van der Waals surface area (Å²) in [4.78, 5) is 1.90. The fourth-order valence-electron chi connectivity index (χ4n) is 2.02. The lowest BCUT2D eigenvalue weighted by Gasteiger charge is -2.25. The second-order valence-corrected chi connectivity index (χ2v) is 6.95. The minimum absolute atomic E-state index is 0.0172. The first kappa shape index (κ1) is 15.8. The number of rotatable bonds is 8. The second kappa shape index (κ2) is 7.40. The lowest BCUT2D eigenvalue weighted by atomic mass is 10.2. The van der Waals surface area contributed by atoms with Crippen LogP contribution in [0, 0.1) is 0 Å². The van der Waals surface area contributed by atoms with Gasteiger partial charge in [-0.25, -0.2) is 8.42 Å². The molecule has 0 spiro atoms. The standard InChI is InChI=1S/C11H23NO5S/c1-12(10-3-6-18(14,15)9-10)7-11(13)8-17-5-4-16-2/h10-11,13H,3-9H2,1-2H3. The summed E-state index contributed by atoms with van der Waals surface area (Å²) >= 11 is 0. The van der Waals surface area contributed by atoms with E-state index < -0.39 is 15.9 Å². The van der Waals surface area contributed by atoms with Gasteiger partial charge in [0.05, 0.1) is 37.4 Å². The van der Waals surface area contributed by atoms with E-state index in [9.17, 15) is 13.5 Å². The van der Waals surface area contributed by atoms with Crippen LogP contribution in [-0.2, 0) is 19.3 Å². The molecule has 1 N–H and O–H groups in total. The van der Waals surface area contributed by atoms with E-state index in [1.807, 2.05) is 11.9 Å². The Morgan fingerprint density at radius 1 is 1.44 bits per heavy atom. The molecule has 6 nitrogen and oxygen atoms in total. The Hall–Kier alpha value is -0.210. The molecular weight excluding hydrogens is 258 g/mol. The van der Waals surface area contributed by atoms with Crippen LogP contribution < -0.4 is 0 Å². The molecule has 0 aromatic heterocycles. The second-order valence-electron chi connectivity index (χ2n) is 4.72. The van der Waals surface area contributed by atoms with Crippen LogP contribution in [0.2, 0.25) is 0 Å². The molecule has 0 aromatic rings. The van der Waals surface area contributed by atoms with Crippen molar-refractivity contribution < 1.29 is 23.0 Å².